The first-order chi connectivity index (χ1) is 5.68. The average Bonchev–Trinajstić information content (AvgIpc) is 2.06. The summed E-state index contributed by atoms with van der Waals surface area (Å²) in [5, 5.41) is 18.6. The minimum Gasteiger partial charge on any atom is -0.393 e. The number of aliphatic hydroxyl groups is 2. The van der Waals surface area contributed by atoms with Gasteiger partial charge in [-0.05, 0) is 12.8 Å². The minimum absolute atomic E-state index is 0.164. The van der Waals surface area contributed by atoms with Crippen molar-refractivity contribution in [2.75, 3.05) is 6.61 Å². The Kier molecular flexibility index (Phi) is 6.03. The van der Waals surface area contributed by atoms with E-state index in [1.165, 1.54) is 0 Å². The maximum absolute atomic E-state index is 9.73. The van der Waals surface area contributed by atoms with Crippen LogP contribution in [-0.2, 0) is 0 Å². The second-order valence-corrected chi connectivity index (χ2v) is 3.33. The van der Waals surface area contributed by atoms with Crippen molar-refractivity contribution in [2.45, 2.75) is 44.6 Å². The zero-order chi connectivity index (χ0) is 9.45. The fraction of sp³-hybridized carbons (Fsp3) is 0.800. The lowest BCUT2D eigenvalue weighted by atomic mass is 9.93. The van der Waals surface area contributed by atoms with E-state index in [-0.39, 0.29) is 6.61 Å². The van der Waals surface area contributed by atoms with Crippen molar-refractivity contribution in [3.63, 3.8) is 0 Å². The third-order valence-corrected chi connectivity index (χ3v) is 2.06. The molecule has 0 amide bonds. The molecule has 0 saturated carbocycles. The predicted molar refractivity (Wildman–Crippen MR) is 51.0 cm³/mol. The highest BCUT2D eigenvalue weighted by Gasteiger charge is 2.22. The zero-order valence-corrected chi connectivity index (χ0v) is 7.92. The largest absolute Gasteiger partial charge is 0.393 e. The summed E-state index contributed by atoms with van der Waals surface area (Å²) in [7, 11) is 0. The van der Waals surface area contributed by atoms with E-state index in [0.717, 1.165) is 19.3 Å². The number of hydrogen-bond donors (Lipinski definition) is 2. The van der Waals surface area contributed by atoms with Gasteiger partial charge in [-0.2, -0.15) is 0 Å². The van der Waals surface area contributed by atoms with Crippen molar-refractivity contribution in [3.05, 3.63) is 12.7 Å². The van der Waals surface area contributed by atoms with E-state index in [9.17, 15) is 5.11 Å². The number of aliphatic hydroxyl groups excluding tert-OH is 1. The molecule has 0 heterocycles. The van der Waals surface area contributed by atoms with Gasteiger partial charge in [0.05, 0.1) is 12.2 Å². The van der Waals surface area contributed by atoms with Crippen molar-refractivity contribution < 1.29 is 10.2 Å². The van der Waals surface area contributed by atoms with Gasteiger partial charge in [0.15, 0.2) is 0 Å². The number of hydrogen-bond acceptors (Lipinski definition) is 2. The Balaban J connectivity index is 3.70. The lowest BCUT2D eigenvalue weighted by molar-refractivity contribution is -0.0203. The van der Waals surface area contributed by atoms with Gasteiger partial charge in [-0.1, -0.05) is 32.3 Å². The van der Waals surface area contributed by atoms with E-state index in [1.54, 1.807) is 6.08 Å². The Morgan fingerprint density at radius 1 is 1.42 bits per heavy atom. The second-order valence-electron chi connectivity index (χ2n) is 3.33. The van der Waals surface area contributed by atoms with E-state index in [0.29, 0.717) is 12.8 Å². The predicted octanol–water partition coefficient (Wildman–Crippen LogP) is 1.87. The van der Waals surface area contributed by atoms with Crippen molar-refractivity contribution in [2.24, 2.45) is 0 Å². The Labute approximate surface area is 74.9 Å². The van der Waals surface area contributed by atoms with Crippen LogP contribution in [0.5, 0.6) is 0 Å². The summed E-state index contributed by atoms with van der Waals surface area (Å²) in [6.07, 6.45) is 6.02. The lowest BCUT2D eigenvalue weighted by Gasteiger charge is -2.23. The summed E-state index contributed by atoms with van der Waals surface area (Å²) < 4.78 is 0. The first kappa shape index (κ1) is 11.7. The van der Waals surface area contributed by atoms with Crippen LogP contribution in [0.3, 0.4) is 0 Å². The van der Waals surface area contributed by atoms with Crippen LogP contribution in [0.2, 0.25) is 0 Å². The normalized spacial score (nSPS) is 15.6. The highest BCUT2D eigenvalue weighted by molar-refractivity contribution is 4.85. The monoisotopic (exact) mass is 172 g/mol. The topological polar surface area (TPSA) is 40.5 Å². The SMILES string of the molecule is C=CCC(O)(CO)CCCCC. The molecule has 1 atom stereocenters. The van der Waals surface area contributed by atoms with Gasteiger partial charge < -0.3 is 10.2 Å². The molecule has 0 aliphatic heterocycles. The maximum atomic E-state index is 9.73. The van der Waals surface area contributed by atoms with Gasteiger partial charge >= 0.3 is 0 Å². The Bertz CT molecular complexity index is 123. The van der Waals surface area contributed by atoms with Crippen molar-refractivity contribution in [1.82, 2.24) is 0 Å². The zero-order valence-electron chi connectivity index (χ0n) is 7.92. The van der Waals surface area contributed by atoms with E-state index >= 15 is 0 Å². The molecule has 2 nitrogen and oxygen atoms in total. The second kappa shape index (κ2) is 6.21. The van der Waals surface area contributed by atoms with Gasteiger partial charge in [0.2, 0.25) is 0 Å². The highest BCUT2D eigenvalue weighted by atomic mass is 16.3. The number of unbranched alkanes of at least 4 members (excludes halogenated alkanes) is 2. The molecule has 2 N–H and O–H groups in total. The molecule has 1 unspecified atom stereocenters. The molecular formula is C10H20O2. The lowest BCUT2D eigenvalue weighted by Crippen LogP contribution is -2.32. The number of rotatable bonds is 7. The van der Waals surface area contributed by atoms with Gasteiger partial charge in [-0.3, -0.25) is 0 Å². The quantitative estimate of drug-likeness (QED) is 0.454. The summed E-state index contributed by atoms with van der Waals surface area (Å²) in [5.74, 6) is 0. The average molecular weight is 172 g/mol. The standard InChI is InChI=1S/C10H20O2/c1-3-5-6-8-10(12,9-11)7-4-2/h4,11-12H,2-3,5-9H2,1H3. The third kappa shape index (κ3) is 4.52. The van der Waals surface area contributed by atoms with E-state index in [4.69, 9.17) is 5.11 Å². The summed E-state index contributed by atoms with van der Waals surface area (Å²) in [6.45, 7) is 5.50. The first-order valence-electron chi connectivity index (χ1n) is 4.62. The van der Waals surface area contributed by atoms with Crippen LogP contribution < -0.4 is 0 Å². The molecule has 0 spiro atoms. The molecule has 0 bridgehead atoms. The third-order valence-electron chi connectivity index (χ3n) is 2.06. The molecule has 72 valence electrons. The first-order valence-corrected chi connectivity index (χ1v) is 4.62. The molecule has 0 aliphatic rings. The van der Waals surface area contributed by atoms with Crippen molar-refractivity contribution in [1.29, 1.82) is 0 Å². The van der Waals surface area contributed by atoms with Gasteiger partial charge in [0.25, 0.3) is 0 Å². The van der Waals surface area contributed by atoms with Gasteiger partial charge in [-0.25, -0.2) is 0 Å². The minimum atomic E-state index is -0.920. The molecular weight excluding hydrogens is 152 g/mol. The van der Waals surface area contributed by atoms with E-state index in [2.05, 4.69) is 13.5 Å². The summed E-state index contributed by atoms with van der Waals surface area (Å²) in [4.78, 5) is 0. The Morgan fingerprint density at radius 3 is 2.50 bits per heavy atom. The van der Waals surface area contributed by atoms with Gasteiger partial charge in [0.1, 0.15) is 0 Å². The molecule has 2 heteroatoms. The van der Waals surface area contributed by atoms with Crippen LogP contribution in [-0.4, -0.2) is 22.4 Å². The molecule has 0 aromatic heterocycles. The van der Waals surface area contributed by atoms with Crippen molar-refractivity contribution in [3.8, 4) is 0 Å². The fourth-order valence-corrected chi connectivity index (χ4v) is 1.22. The summed E-state index contributed by atoms with van der Waals surface area (Å²) >= 11 is 0. The Hall–Kier alpha value is -0.340. The van der Waals surface area contributed by atoms with Crippen LogP contribution >= 0.6 is 0 Å². The molecule has 0 radical (unpaired) electrons. The summed E-state index contributed by atoms with van der Waals surface area (Å²) in [6, 6.07) is 0. The fourth-order valence-electron chi connectivity index (χ4n) is 1.22. The molecule has 12 heavy (non-hydrogen) atoms. The summed E-state index contributed by atoms with van der Waals surface area (Å²) in [5.41, 5.74) is -0.920. The van der Waals surface area contributed by atoms with Crippen LogP contribution in [0, 0.1) is 0 Å². The molecule has 0 aromatic rings. The molecule has 0 aliphatic carbocycles. The maximum Gasteiger partial charge on any atom is 0.0911 e. The molecule has 0 rings (SSSR count). The van der Waals surface area contributed by atoms with Crippen LogP contribution in [0.15, 0.2) is 12.7 Å². The molecule has 0 fully saturated rings. The van der Waals surface area contributed by atoms with Gasteiger partial charge in [0, 0.05) is 0 Å². The van der Waals surface area contributed by atoms with Crippen LogP contribution in [0.25, 0.3) is 0 Å². The van der Waals surface area contributed by atoms with E-state index in [1.807, 2.05) is 0 Å². The van der Waals surface area contributed by atoms with Gasteiger partial charge in [-0.15, -0.1) is 6.58 Å². The van der Waals surface area contributed by atoms with Crippen LogP contribution in [0.4, 0.5) is 0 Å². The van der Waals surface area contributed by atoms with E-state index < -0.39 is 5.60 Å². The van der Waals surface area contributed by atoms with Crippen molar-refractivity contribution >= 4 is 0 Å². The molecule has 0 saturated heterocycles. The molecule has 0 aromatic carbocycles. The highest BCUT2D eigenvalue weighted by Crippen LogP contribution is 2.18. The van der Waals surface area contributed by atoms with Crippen LogP contribution in [0.1, 0.15) is 39.0 Å². The Morgan fingerprint density at radius 2 is 2.08 bits per heavy atom. The smallest absolute Gasteiger partial charge is 0.0911 e.